The average Bonchev–Trinajstić information content (AvgIpc) is 2.71. The molecule has 0 unspecified atom stereocenters. The molecule has 0 aliphatic heterocycles. The summed E-state index contributed by atoms with van der Waals surface area (Å²) >= 11 is 0. The van der Waals surface area contributed by atoms with Gasteiger partial charge in [-0.2, -0.15) is 0 Å². The lowest BCUT2D eigenvalue weighted by Crippen LogP contribution is -2.48. The smallest absolute Gasteiger partial charge is 0.469 e. The number of rotatable bonds is 14. The Morgan fingerprint density at radius 3 is 0.971 bits per heavy atom. The van der Waals surface area contributed by atoms with E-state index in [0.717, 1.165) is 0 Å². The zero-order chi connectivity index (χ0) is 27.6. The van der Waals surface area contributed by atoms with Crippen molar-refractivity contribution in [2.24, 2.45) is 0 Å². The number of aliphatic hydroxyl groups excluding tert-OH is 8. The fourth-order valence-corrected chi connectivity index (χ4v) is 2.36. The summed E-state index contributed by atoms with van der Waals surface area (Å²) in [6.45, 7) is -2.09. The first kappa shape index (κ1) is 35.0. The monoisotopic (exact) mass is 552 g/mol. The lowest BCUT2D eigenvalue weighted by molar-refractivity contribution is -0.164. The summed E-state index contributed by atoms with van der Waals surface area (Å²) in [5.74, 6) is -3.67. The van der Waals surface area contributed by atoms with E-state index < -0.39 is 89.6 Å². The van der Waals surface area contributed by atoms with Crippen molar-refractivity contribution in [3.8, 4) is 0 Å². The zero-order valence-corrected chi connectivity index (χ0v) is 18.4. The largest absolute Gasteiger partial charge is 0.479 e. The van der Waals surface area contributed by atoms with Crippen LogP contribution in [0.3, 0.4) is 0 Å². The van der Waals surface area contributed by atoms with Gasteiger partial charge in [0.15, 0.2) is 12.2 Å². The normalized spacial score (nSPS) is 19.4. The van der Waals surface area contributed by atoms with Crippen molar-refractivity contribution >= 4 is 27.6 Å². The van der Waals surface area contributed by atoms with Crippen LogP contribution in [0.2, 0.25) is 0 Å². The lowest BCUT2D eigenvalue weighted by Gasteiger charge is -2.24. The molecule has 0 aliphatic carbocycles. The minimum atomic E-state index is -4.86. The number of carbonyl (C=O) groups is 2. The first-order valence-corrected chi connectivity index (χ1v) is 11.5. The van der Waals surface area contributed by atoms with Crippen LogP contribution in [-0.2, 0) is 27.8 Å². The van der Waals surface area contributed by atoms with Gasteiger partial charge in [-0.05, 0) is 0 Å². The van der Waals surface area contributed by atoms with Crippen LogP contribution in [0.15, 0.2) is 0 Å². The number of carboxylic acid groups (broad SMARTS) is 2. The molecule has 0 bridgehead atoms. The molecular weight excluding hydrogens is 526 g/mol. The summed E-state index contributed by atoms with van der Waals surface area (Å²) in [5, 5.41) is 88.8. The van der Waals surface area contributed by atoms with E-state index in [2.05, 4.69) is 9.05 Å². The standard InChI is InChI=1S/2C6H13O10P/c2*7-2(1-16-17(13,14)15)3(8)4(9)5(10)6(11)12/h2*2-5,7-10H,1H2,(H,11,12)(H2,13,14,15)/t2*2-,3-,4+,5-/m11/s1. The van der Waals surface area contributed by atoms with E-state index in [4.69, 9.17) is 70.6 Å². The van der Waals surface area contributed by atoms with Crippen molar-refractivity contribution in [1.82, 2.24) is 0 Å². The number of carboxylic acids is 2. The first-order chi connectivity index (χ1) is 15.1. The molecule has 0 rings (SSSR count). The van der Waals surface area contributed by atoms with E-state index in [1.54, 1.807) is 0 Å². The molecule has 0 saturated carbocycles. The number of phosphoric acid groups is 2. The second-order valence-corrected chi connectivity index (χ2v) is 8.71. The van der Waals surface area contributed by atoms with Crippen LogP contribution in [0.4, 0.5) is 0 Å². The quantitative estimate of drug-likeness (QED) is 0.0890. The molecule has 22 heteroatoms. The number of phosphoric ester groups is 2. The number of aliphatic carboxylic acids is 2. The summed E-state index contributed by atoms with van der Waals surface area (Å²) < 4.78 is 28.1. The van der Waals surface area contributed by atoms with Gasteiger partial charge in [-0.15, -0.1) is 0 Å². The Morgan fingerprint density at radius 1 is 0.559 bits per heavy atom. The van der Waals surface area contributed by atoms with Crippen molar-refractivity contribution in [2.45, 2.75) is 48.8 Å². The molecule has 0 spiro atoms. The first-order valence-electron chi connectivity index (χ1n) is 8.42. The van der Waals surface area contributed by atoms with E-state index in [9.17, 15) is 18.7 Å². The maximum Gasteiger partial charge on any atom is 0.469 e. The maximum atomic E-state index is 10.2. The van der Waals surface area contributed by atoms with Crippen molar-refractivity contribution in [3.63, 3.8) is 0 Å². The average molecular weight is 552 g/mol. The predicted molar refractivity (Wildman–Crippen MR) is 99.3 cm³/mol. The Labute approximate surface area is 189 Å². The molecule has 0 heterocycles. The molecule has 0 amide bonds. The summed E-state index contributed by atoms with van der Waals surface area (Å²) in [6.07, 6.45) is -17.4. The van der Waals surface area contributed by atoms with Crippen LogP contribution in [0, 0.1) is 0 Å². The highest BCUT2D eigenvalue weighted by atomic mass is 31.2. The topological polar surface area (TPSA) is 370 Å². The zero-order valence-electron chi connectivity index (χ0n) is 16.6. The lowest BCUT2D eigenvalue weighted by atomic mass is 10.0. The Balaban J connectivity index is 0. The fraction of sp³-hybridized carbons (Fsp3) is 0.833. The number of aliphatic hydroxyl groups is 8. The van der Waals surface area contributed by atoms with Gasteiger partial charge in [0.1, 0.15) is 36.6 Å². The molecule has 0 fully saturated rings. The van der Waals surface area contributed by atoms with Crippen LogP contribution in [0.25, 0.3) is 0 Å². The highest BCUT2D eigenvalue weighted by molar-refractivity contribution is 7.46. The van der Waals surface area contributed by atoms with Gasteiger partial charge in [0.25, 0.3) is 0 Å². The fourth-order valence-electron chi connectivity index (χ4n) is 1.67. The Hall–Kier alpha value is -1.16. The molecular formula is C12H26O20P2. The number of hydrogen-bond acceptors (Lipinski definition) is 14. The second kappa shape index (κ2) is 15.1. The van der Waals surface area contributed by atoms with Crippen molar-refractivity contribution in [1.29, 1.82) is 0 Å². The van der Waals surface area contributed by atoms with Gasteiger partial charge in [0, 0.05) is 0 Å². The second-order valence-electron chi connectivity index (χ2n) is 6.24. The van der Waals surface area contributed by atoms with Gasteiger partial charge < -0.3 is 70.6 Å². The third-order valence-corrected chi connectivity index (χ3v) is 4.44. The summed E-state index contributed by atoms with van der Waals surface area (Å²) in [5.41, 5.74) is 0. The Morgan fingerprint density at radius 2 is 0.794 bits per heavy atom. The van der Waals surface area contributed by atoms with Crippen LogP contribution in [0.1, 0.15) is 0 Å². The molecule has 0 aliphatic rings. The van der Waals surface area contributed by atoms with Crippen LogP contribution < -0.4 is 0 Å². The molecule has 20 nitrogen and oxygen atoms in total. The van der Waals surface area contributed by atoms with Crippen LogP contribution in [-0.4, -0.2) is 145 Å². The van der Waals surface area contributed by atoms with E-state index in [-0.39, 0.29) is 0 Å². The van der Waals surface area contributed by atoms with E-state index >= 15 is 0 Å². The molecule has 0 saturated heterocycles. The van der Waals surface area contributed by atoms with Gasteiger partial charge >= 0.3 is 27.6 Å². The van der Waals surface area contributed by atoms with Crippen LogP contribution in [0.5, 0.6) is 0 Å². The van der Waals surface area contributed by atoms with Gasteiger partial charge in [-0.3, -0.25) is 9.05 Å². The molecule has 8 atom stereocenters. The molecule has 0 aromatic heterocycles. The summed E-state index contributed by atoms with van der Waals surface area (Å²) in [6, 6.07) is 0. The maximum absolute atomic E-state index is 10.2. The van der Waals surface area contributed by atoms with Gasteiger partial charge in [-0.25, -0.2) is 18.7 Å². The van der Waals surface area contributed by atoms with Gasteiger partial charge in [0.05, 0.1) is 13.2 Å². The highest BCUT2D eigenvalue weighted by Gasteiger charge is 2.36. The molecule has 34 heavy (non-hydrogen) atoms. The van der Waals surface area contributed by atoms with Crippen molar-refractivity contribution in [2.75, 3.05) is 13.2 Å². The van der Waals surface area contributed by atoms with Crippen LogP contribution >= 0.6 is 15.6 Å². The predicted octanol–water partition coefficient (Wildman–Crippen LogP) is -6.75. The Bertz CT molecular complexity index is 658. The number of hydrogen-bond donors (Lipinski definition) is 14. The minimum Gasteiger partial charge on any atom is -0.479 e. The molecule has 0 aromatic carbocycles. The molecule has 0 radical (unpaired) electrons. The van der Waals surface area contributed by atoms with E-state index in [1.807, 2.05) is 0 Å². The molecule has 0 aromatic rings. The highest BCUT2D eigenvalue weighted by Crippen LogP contribution is 2.36. The minimum absolute atomic E-state index is 1.05. The van der Waals surface area contributed by atoms with Crippen molar-refractivity contribution in [3.05, 3.63) is 0 Å². The summed E-state index contributed by atoms with van der Waals surface area (Å²) in [4.78, 5) is 53.6. The molecule has 14 N–H and O–H groups in total. The van der Waals surface area contributed by atoms with Crippen molar-refractivity contribution < 1.29 is 98.4 Å². The Kier molecular flexibility index (Phi) is 15.5. The SMILES string of the molecule is O=C(O)[C@H](O)[C@@H](O)[C@H](O)[C@H](O)COP(=O)(O)O.O=C(O)[C@H](O)[C@@H](O)[C@H](O)[C@H](O)COP(=O)(O)O. The van der Waals surface area contributed by atoms with Gasteiger partial charge in [0.2, 0.25) is 0 Å². The summed E-state index contributed by atoms with van der Waals surface area (Å²) in [7, 11) is -9.73. The van der Waals surface area contributed by atoms with Gasteiger partial charge in [-0.1, -0.05) is 0 Å². The molecule has 204 valence electrons. The third kappa shape index (κ3) is 15.0. The third-order valence-electron chi connectivity index (χ3n) is 3.47. The van der Waals surface area contributed by atoms with E-state index in [0.29, 0.717) is 0 Å². The van der Waals surface area contributed by atoms with E-state index in [1.165, 1.54) is 0 Å².